The molecule has 2 heterocycles. The Morgan fingerprint density at radius 1 is 0.952 bits per heavy atom. The predicted molar refractivity (Wildman–Crippen MR) is 148 cm³/mol. The van der Waals surface area contributed by atoms with Crippen molar-refractivity contribution in [2.75, 3.05) is 39.3 Å². The molecule has 0 unspecified atom stereocenters. The first-order valence-corrected chi connectivity index (χ1v) is 15.3. The zero-order valence-corrected chi connectivity index (χ0v) is 25.7. The number of sulfonamides is 1. The maximum absolute atomic E-state index is 13.4. The van der Waals surface area contributed by atoms with Gasteiger partial charge in [-0.2, -0.15) is 4.31 Å². The van der Waals surface area contributed by atoms with Crippen LogP contribution in [0.15, 0.2) is 29.2 Å². The summed E-state index contributed by atoms with van der Waals surface area (Å²) in [6, 6.07) is 2.47. The number of ether oxygens (including phenoxy) is 2. The smallest absolute Gasteiger partial charge is 0.444 e. The summed E-state index contributed by atoms with van der Waals surface area (Å²) in [5, 5.41) is 2.79. The molecule has 11 nitrogen and oxygen atoms in total. The molecule has 1 N–H and O–H groups in total. The average molecular weight is 623 g/mol. The molecular weight excluding hydrogens is 581 g/mol. The van der Waals surface area contributed by atoms with Crippen LogP contribution in [-0.2, 0) is 24.3 Å². The van der Waals surface area contributed by atoms with Gasteiger partial charge in [0.25, 0.3) is 0 Å². The summed E-state index contributed by atoms with van der Waals surface area (Å²) < 4.78 is 74.4. The van der Waals surface area contributed by atoms with Gasteiger partial charge in [0.1, 0.15) is 17.4 Å². The van der Waals surface area contributed by atoms with Crippen LogP contribution in [0.25, 0.3) is 0 Å². The van der Waals surface area contributed by atoms with E-state index in [9.17, 15) is 36.0 Å². The van der Waals surface area contributed by atoms with E-state index in [0.29, 0.717) is 25.9 Å². The molecule has 0 aromatic heterocycles. The number of hydrogen-bond acceptors (Lipinski definition) is 7. The number of piperazine rings is 1. The van der Waals surface area contributed by atoms with Crippen LogP contribution in [-0.4, -0.2) is 97.7 Å². The number of benzene rings is 1. The standard InChI is InChI=1S/C25H35F3N4O7S.C2H6/c1-17(33)31-13-14-32(40(36,37)20-7-5-19(6-8-20)38-25(26,27)28)21(16-31)22(34)29-15-18-9-11-30(12-10-18)23(35)39-24(2,3)4;1-2/h5-8,18,21H,9-16H2,1-4H3,(H,29,34);1-2H3/t21-;/m1./s1. The van der Waals surface area contributed by atoms with Gasteiger partial charge >= 0.3 is 12.5 Å². The zero-order chi connectivity index (χ0) is 31.9. The van der Waals surface area contributed by atoms with Crippen molar-refractivity contribution < 1.29 is 45.4 Å². The van der Waals surface area contributed by atoms with Crippen LogP contribution in [0.5, 0.6) is 5.75 Å². The first-order valence-electron chi connectivity index (χ1n) is 13.8. The Morgan fingerprint density at radius 2 is 1.52 bits per heavy atom. The Hall–Kier alpha value is -3.07. The molecular formula is C27H41F3N4O7S. The fourth-order valence-electron chi connectivity index (χ4n) is 4.51. The molecule has 1 aromatic carbocycles. The highest BCUT2D eigenvalue weighted by Gasteiger charge is 2.41. The maximum Gasteiger partial charge on any atom is 0.573 e. The van der Waals surface area contributed by atoms with Crippen LogP contribution in [0.2, 0.25) is 0 Å². The monoisotopic (exact) mass is 622 g/mol. The molecule has 0 saturated carbocycles. The molecule has 3 amide bonds. The maximum atomic E-state index is 13.4. The number of rotatable bonds is 6. The van der Waals surface area contributed by atoms with Crippen molar-refractivity contribution >= 4 is 27.9 Å². The number of halogens is 3. The summed E-state index contributed by atoms with van der Waals surface area (Å²) in [5.74, 6) is -1.46. The van der Waals surface area contributed by atoms with Crippen LogP contribution in [0.4, 0.5) is 18.0 Å². The molecule has 15 heteroatoms. The molecule has 238 valence electrons. The molecule has 2 saturated heterocycles. The highest BCUT2D eigenvalue weighted by atomic mass is 32.2. The number of likely N-dealkylation sites (tertiary alicyclic amines) is 1. The SMILES string of the molecule is CC.CC(=O)N1CCN(S(=O)(=O)c2ccc(OC(F)(F)F)cc2)[C@@H](C(=O)NCC2CCN(C(=O)OC(C)(C)C)CC2)C1. The molecule has 0 spiro atoms. The van der Waals surface area contributed by atoms with E-state index in [-0.39, 0.29) is 42.9 Å². The first kappa shape index (κ1) is 35.1. The molecule has 2 aliphatic rings. The third-order valence-electron chi connectivity index (χ3n) is 6.57. The Labute approximate surface area is 245 Å². The minimum absolute atomic E-state index is 0.0429. The fraction of sp³-hybridized carbons (Fsp3) is 0.667. The summed E-state index contributed by atoms with van der Waals surface area (Å²) in [7, 11) is -4.30. The van der Waals surface area contributed by atoms with Crippen molar-refractivity contribution in [1.29, 1.82) is 0 Å². The Balaban J connectivity index is 0.00000301. The number of nitrogens with zero attached hydrogens (tertiary/aromatic N) is 3. The number of carbonyl (C=O) groups excluding carboxylic acids is 3. The molecule has 0 radical (unpaired) electrons. The summed E-state index contributed by atoms with van der Waals surface area (Å²) in [6.45, 7) is 11.5. The minimum atomic E-state index is -4.93. The van der Waals surface area contributed by atoms with Gasteiger partial charge in [-0.05, 0) is 63.8 Å². The van der Waals surface area contributed by atoms with Gasteiger partial charge in [-0.25, -0.2) is 13.2 Å². The molecule has 1 aromatic rings. The predicted octanol–water partition coefficient (Wildman–Crippen LogP) is 3.60. The van der Waals surface area contributed by atoms with E-state index in [2.05, 4.69) is 10.1 Å². The van der Waals surface area contributed by atoms with Crippen LogP contribution in [0.3, 0.4) is 0 Å². The zero-order valence-electron chi connectivity index (χ0n) is 24.9. The lowest BCUT2D eigenvalue weighted by atomic mass is 9.97. The topological polar surface area (TPSA) is 126 Å². The summed E-state index contributed by atoms with van der Waals surface area (Å²) >= 11 is 0. The molecule has 42 heavy (non-hydrogen) atoms. The molecule has 0 aliphatic carbocycles. The van der Waals surface area contributed by atoms with Gasteiger partial charge in [-0.3, -0.25) is 9.59 Å². The lowest BCUT2D eigenvalue weighted by molar-refractivity contribution is -0.274. The highest BCUT2D eigenvalue weighted by molar-refractivity contribution is 7.89. The van der Waals surface area contributed by atoms with Crippen LogP contribution >= 0.6 is 0 Å². The second-order valence-corrected chi connectivity index (χ2v) is 12.7. The third kappa shape index (κ3) is 10.0. The quantitative estimate of drug-likeness (QED) is 0.514. The number of nitrogens with one attached hydrogen (secondary N) is 1. The first-order chi connectivity index (χ1) is 19.5. The minimum Gasteiger partial charge on any atom is -0.444 e. The van der Waals surface area contributed by atoms with Crippen molar-refractivity contribution in [3.8, 4) is 5.75 Å². The van der Waals surface area contributed by atoms with Crippen molar-refractivity contribution in [2.45, 2.75) is 77.3 Å². The van der Waals surface area contributed by atoms with Gasteiger partial charge in [-0.15, -0.1) is 13.2 Å². The molecule has 3 rings (SSSR count). The Morgan fingerprint density at radius 3 is 2.02 bits per heavy atom. The normalized spacial score (nSPS) is 18.9. The summed E-state index contributed by atoms with van der Waals surface area (Å²) in [6.07, 6.45) is -4.12. The number of amides is 3. The van der Waals surface area contributed by atoms with E-state index in [4.69, 9.17) is 4.74 Å². The second-order valence-electron chi connectivity index (χ2n) is 10.8. The van der Waals surface area contributed by atoms with Crippen LogP contribution < -0.4 is 10.1 Å². The van der Waals surface area contributed by atoms with Gasteiger partial charge < -0.3 is 24.6 Å². The van der Waals surface area contributed by atoms with Crippen molar-refractivity contribution in [3.63, 3.8) is 0 Å². The average Bonchev–Trinajstić information content (AvgIpc) is 2.91. The Bertz CT molecular complexity index is 1180. The van der Waals surface area contributed by atoms with E-state index in [1.807, 2.05) is 13.8 Å². The molecule has 0 bridgehead atoms. The lowest BCUT2D eigenvalue weighted by Gasteiger charge is -2.39. The van der Waals surface area contributed by atoms with Crippen molar-refractivity contribution in [1.82, 2.24) is 19.4 Å². The van der Waals surface area contributed by atoms with Gasteiger partial charge in [0.2, 0.25) is 21.8 Å². The molecule has 2 fully saturated rings. The Kier molecular flexibility index (Phi) is 12.0. The van der Waals surface area contributed by atoms with Gasteiger partial charge in [-0.1, -0.05) is 13.8 Å². The van der Waals surface area contributed by atoms with E-state index < -0.39 is 45.8 Å². The van der Waals surface area contributed by atoms with Crippen molar-refractivity contribution in [2.24, 2.45) is 5.92 Å². The molecule has 2 aliphatic heterocycles. The number of alkyl halides is 3. The second kappa shape index (κ2) is 14.4. The van der Waals surface area contributed by atoms with Crippen molar-refractivity contribution in [3.05, 3.63) is 24.3 Å². The molecule has 1 atom stereocenters. The van der Waals surface area contributed by atoms with E-state index >= 15 is 0 Å². The van der Waals surface area contributed by atoms with E-state index in [0.717, 1.165) is 28.6 Å². The van der Waals surface area contributed by atoms with Gasteiger partial charge in [0, 0.05) is 46.2 Å². The van der Waals surface area contributed by atoms with Gasteiger partial charge in [0.05, 0.1) is 4.90 Å². The summed E-state index contributed by atoms with van der Waals surface area (Å²) in [5.41, 5.74) is -0.610. The number of piperidine rings is 1. The highest BCUT2D eigenvalue weighted by Crippen LogP contribution is 2.27. The third-order valence-corrected chi connectivity index (χ3v) is 8.50. The largest absolute Gasteiger partial charge is 0.573 e. The van der Waals surface area contributed by atoms with Gasteiger partial charge in [0.15, 0.2) is 0 Å². The lowest BCUT2D eigenvalue weighted by Crippen LogP contribution is -2.61. The number of hydrogen-bond donors (Lipinski definition) is 1. The van der Waals surface area contributed by atoms with E-state index in [1.54, 1.807) is 25.7 Å². The van der Waals surface area contributed by atoms with Crippen LogP contribution in [0.1, 0.15) is 54.4 Å². The number of carbonyl (C=O) groups is 3. The van der Waals surface area contributed by atoms with E-state index in [1.165, 1.54) is 11.8 Å². The summed E-state index contributed by atoms with van der Waals surface area (Å²) in [4.78, 5) is 40.2. The van der Waals surface area contributed by atoms with Crippen LogP contribution in [0, 0.1) is 5.92 Å². The fourth-order valence-corrected chi connectivity index (χ4v) is 6.08.